The quantitative estimate of drug-likeness (QED) is 0.324. The summed E-state index contributed by atoms with van der Waals surface area (Å²) in [5.41, 5.74) is -0.513. The molecule has 1 aliphatic carbocycles. The van der Waals surface area contributed by atoms with Gasteiger partial charge in [-0.1, -0.05) is 37.5 Å². The molecule has 0 bridgehead atoms. The first-order valence-electron chi connectivity index (χ1n) is 11.5. The van der Waals surface area contributed by atoms with Gasteiger partial charge in [0.15, 0.2) is 0 Å². The number of aliphatic carboxylic acids is 1. The Kier molecular flexibility index (Phi) is 10.4. The summed E-state index contributed by atoms with van der Waals surface area (Å²) in [5, 5.41) is 39.7. The first-order chi connectivity index (χ1) is 15.1. The van der Waals surface area contributed by atoms with Crippen LogP contribution in [0.5, 0.6) is 0 Å². The molecule has 1 aromatic rings. The van der Waals surface area contributed by atoms with Crippen LogP contribution in [0.1, 0.15) is 75.3 Å². The second-order valence-electron chi connectivity index (χ2n) is 8.97. The van der Waals surface area contributed by atoms with Crippen LogP contribution >= 0.6 is 0 Å². The SMILES string of the molecule is O=C(O)CCCCCCC1C(CC[C@@H](O)CCc2ccccc2C(F)(F)F)[C@H](O)C[C@@H]1O. The van der Waals surface area contributed by atoms with Gasteiger partial charge in [0.25, 0.3) is 0 Å². The molecule has 1 saturated carbocycles. The molecule has 0 saturated heterocycles. The molecule has 5 atom stereocenters. The molecule has 0 spiro atoms. The Morgan fingerprint density at radius 2 is 1.59 bits per heavy atom. The molecule has 32 heavy (non-hydrogen) atoms. The van der Waals surface area contributed by atoms with E-state index < -0.39 is 36.0 Å². The molecule has 2 rings (SSSR count). The highest BCUT2D eigenvalue weighted by molar-refractivity contribution is 5.66. The normalized spacial score (nSPS) is 24.6. The average Bonchev–Trinajstić information content (AvgIpc) is 2.99. The number of hydrogen-bond acceptors (Lipinski definition) is 4. The molecule has 2 unspecified atom stereocenters. The van der Waals surface area contributed by atoms with E-state index in [1.165, 1.54) is 12.1 Å². The van der Waals surface area contributed by atoms with Gasteiger partial charge >= 0.3 is 12.1 Å². The lowest BCUT2D eigenvalue weighted by Gasteiger charge is -2.24. The molecule has 8 heteroatoms. The summed E-state index contributed by atoms with van der Waals surface area (Å²) in [4.78, 5) is 10.5. The molecule has 0 amide bonds. The fourth-order valence-corrected chi connectivity index (χ4v) is 4.86. The van der Waals surface area contributed by atoms with Crippen LogP contribution in [0.25, 0.3) is 0 Å². The van der Waals surface area contributed by atoms with Gasteiger partial charge in [0.1, 0.15) is 0 Å². The summed E-state index contributed by atoms with van der Waals surface area (Å²) in [6.07, 6.45) is -0.982. The van der Waals surface area contributed by atoms with Crippen LogP contribution in [0.4, 0.5) is 13.2 Å². The highest BCUT2D eigenvalue weighted by Crippen LogP contribution is 2.39. The number of benzene rings is 1. The van der Waals surface area contributed by atoms with Gasteiger partial charge in [-0.25, -0.2) is 0 Å². The van der Waals surface area contributed by atoms with E-state index in [0.717, 1.165) is 31.7 Å². The van der Waals surface area contributed by atoms with Crippen molar-refractivity contribution in [1.82, 2.24) is 0 Å². The van der Waals surface area contributed by atoms with Crippen LogP contribution in [0, 0.1) is 11.8 Å². The second kappa shape index (κ2) is 12.6. The van der Waals surface area contributed by atoms with E-state index in [0.29, 0.717) is 25.7 Å². The first-order valence-corrected chi connectivity index (χ1v) is 11.5. The third-order valence-corrected chi connectivity index (χ3v) is 6.60. The minimum absolute atomic E-state index is 0.0809. The molecule has 4 N–H and O–H groups in total. The van der Waals surface area contributed by atoms with Crippen molar-refractivity contribution in [3.05, 3.63) is 35.4 Å². The molecule has 0 heterocycles. The number of aliphatic hydroxyl groups is 3. The van der Waals surface area contributed by atoms with E-state index in [-0.39, 0.29) is 36.7 Å². The van der Waals surface area contributed by atoms with Crippen molar-refractivity contribution in [2.75, 3.05) is 0 Å². The molecule has 182 valence electrons. The van der Waals surface area contributed by atoms with Gasteiger partial charge in [0.05, 0.1) is 23.9 Å². The molecule has 0 aromatic heterocycles. The van der Waals surface area contributed by atoms with Crippen molar-refractivity contribution in [2.45, 2.75) is 95.1 Å². The standard InChI is InChI=1S/C24H35F3O5/c25-24(26,27)20-9-6-5-7-16(20)11-12-17(28)13-14-19-18(21(29)15-22(19)30)8-3-1-2-4-10-23(31)32/h5-7,9,17-19,21-22,28-30H,1-4,8,10-15H2,(H,31,32)/t17-,18?,19?,21-,22+/m0/s1. The van der Waals surface area contributed by atoms with Crippen molar-refractivity contribution in [3.63, 3.8) is 0 Å². The predicted molar refractivity (Wildman–Crippen MR) is 114 cm³/mol. The summed E-state index contributed by atoms with van der Waals surface area (Å²) in [6, 6.07) is 5.38. The molecular weight excluding hydrogens is 425 g/mol. The Morgan fingerprint density at radius 1 is 0.969 bits per heavy atom. The number of carbonyl (C=O) groups is 1. The zero-order valence-electron chi connectivity index (χ0n) is 18.3. The number of rotatable bonds is 13. The molecule has 1 fully saturated rings. The predicted octanol–water partition coefficient (Wildman–Crippen LogP) is 4.56. The molecular formula is C24H35F3O5. The lowest BCUT2D eigenvalue weighted by molar-refractivity contribution is -0.138. The lowest BCUT2D eigenvalue weighted by Crippen LogP contribution is -2.24. The largest absolute Gasteiger partial charge is 0.481 e. The maximum Gasteiger partial charge on any atom is 0.416 e. The van der Waals surface area contributed by atoms with Crippen LogP contribution in [0.2, 0.25) is 0 Å². The molecule has 1 aliphatic rings. The van der Waals surface area contributed by atoms with Gasteiger partial charge in [-0.3, -0.25) is 4.79 Å². The molecule has 0 radical (unpaired) electrons. The van der Waals surface area contributed by atoms with Crippen LogP contribution in [-0.4, -0.2) is 44.7 Å². The third-order valence-electron chi connectivity index (χ3n) is 6.60. The van der Waals surface area contributed by atoms with Gasteiger partial charge in [0.2, 0.25) is 0 Å². The van der Waals surface area contributed by atoms with Crippen molar-refractivity contribution in [1.29, 1.82) is 0 Å². The maximum absolute atomic E-state index is 13.1. The fourth-order valence-electron chi connectivity index (χ4n) is 4.86. The number of alkyl halides is 3. The van der Waals surface area contributed by atoms with Crippen molar-refractivity contribution < 1.29 is 38.4 Å². The highest BCUT2D eigenvalue weighted by Gasteiger charge is 2.41. The Morgan fingerprint density at radius 3 is 2.25 bits per heavy atom. The van der Waals surface area contributed by atoms with E-state index in [4.69, 9.17) is 5.11 Å². The van der Waals surface area contributed by atoms with Crippen LogP contribution in [-0.2, 0) is 17.4 Å². The molecule has 1 aromatic carbocycles. The van der Waals surface area contributed by atoms with E-state index in [1.54, 1.807) is 6.07 Å². The zero-order chi connectivity index (χ0) is 23.7. The van der Waals surface area contributed by atoms with Gasteiger partial charge in [-0.2, -0.15) is 13.2 Å². The monoisotopic (exact) mass is 460 g/mol. The molecule has 5 nitrogen and oxygen atoms in total. The van der Waals surface area contributed by atoms with Gasteiger partial charge < -0.3 is 20.4 Å². The number of aliphatic hydroxyl groups excluding tert-OH is 3. The Hall–Kier alpha value is -1.64. The third kappa shape index (κ3) is 8.37. The summed E-state index contributed by atoms with van der Waals surface area (Å²) < 4.78 is 39.3. The molecule has 0 aliphatic heterocycles. The Bertz CT molecular complexity index is 709. The number of carboxylic acid groups (broad SMARTS) is 1. The van der Waals surface area contributed by atoms with Crippen LogP contribution < -0.4 is 0 Å². The Balaban J connectivity index is 1.78. The van der Waals surface area contributed by atoms with Gasteiger partial charge in [0, 0.05) is 6.42 Å². The van der Waals surface area contributed by atoms with Crippen LogP contribution in [0.3, 0.4) is 0 Å². The summed E-state index contributed by atoms with van der Waals surface area (Å²) in [5.74, 6) is -1.04. The van der Waals surface area contributed by atoms with E-state index in [2.05, 4.69) is 0 Å². The number of halogens is 3. The minimum Gasteiger partial charge on any atom is -0.481 e. The average molecular weight is 461 g/mol. The zero-order valence-corrected chi connectivity index (χ0v) is 18.3. The summed E-state index contributed by atoms with van der Waals surface area (Å²) in [7, 11) is 0. The topological polar surface area (TPSA) is 98.0 Å². The number of hydrogen-bond donors (Lipinski definition) is 4. The summed E-state index contributed by atoms with van der Waals surface area (Å²) >= 11 is 0. The van der Waals surface area contributed by atoms with Gasteiger partial charge in [-0.15, -0.1) is 0 Å². The lowest BCUT2D eigenvalue weighted by atomic mass is 9.84. The second-order valence-corrected chi connectivity index (χ2v) is 8.97. The van der Waals surface area contributed by atoms with Crippen LogP contribution in [0.15, 0.2) is 24.3 Å². The van der Waals surface area contributed by atoms with Gasteiger partial charge in [-0.05, 0) is 68.4 Å². The fraction of sp³-hybridized carbons (Fsp3) is 0.708. The number of unbranched alkanes of at least 4 members (excludes halogenated alkanes) is 3. The van der Waals surface area contributed by atoms with Crippen molar-refractivity contribution in [3.8, 4) is 0 Å². The maximum atomic E-state index is 13.1. The number of aryl methyl sites for hydroxylation is 1. The van der Waals surface area contributed by atoms with Crippen molar-refractivity contribution in [2.24, 2.45) is 11.8 Å². The van der Waals surface area contributed by atoms with Crippen molar-refractivity contribution >= 4 is 5.97 Å². The summed E-state index contributed by atoms with van der Waals surface area (Å²) in [6.45, 7) is 0. The van der Waals surface area contributed by atoms with E-state index >= 15 is 0 Å². The van der Waals surface area contributed by atoms with E-state index in [1.807, 2.05) is 0 Å². The first kappa shape index (κ1) is 26.6. The minimum atomic E-state index is -4.42. The number of carboxylic acids is 1. The Labute approximate surface area is 187 Å². The van der Waals surface area contributed by atoms with E-state index in [9.17, 15) is 33.3 Å². The smallest absolute Gasteiger partial charge is 0.416 e. The highest BCUT2D eigenvalue weighted by atomic mass is 19.4.